The Morgan fingerprint density at radius 3 is 2.37 bits per heavy atom. The summed E-state index contributed by atoms with van der Waals surface area (Å²) >= 11 is 0. The van der Waals surface area contributed by atoms with Crippen molar-refractivity contribution < 1.29 is 21.2 Å². The number of halogens is 2. The van der Waals surface area contributed by atoms with Crippen molar-refractivity contribution in [1.29, 1.82) is 0 Å². The monoisotopic (exact) mass is 327 g/mol. The van der Waals surface area contributed by atoms with Crippen LogP contribution in [0.25, 0.3) is 0 Å². The summed E-state index contributed by atoms with van der Waals surface area (Å²) in [5, 5.41) is 0. The maximum absolute atomic E-state index is 13.7. The summed E-state index contributed by atoms with van der Waals surface area (Å²) in [5.74, 6) is -1.20. The fraction of sp³-hybridized carbons (Fsp3) is 0.200. The Kier molecular flexibility index (Phi) is 4.72. The fourth-order valence-electron chi connectivity index (χ4n) is 1.21. The molecule has 0 saturated heterocycles. The predicted octanol–water partition coefficient (Wildman–Crippen LogP) is 1.61. The molecule has 5 nitrogen and oxygen atoms in total. The quantitative estimate of drug-likeness (QED) is 0.658. The molecule has 0 aromatic heterocycles. The molecule has 1 aromatic rings. The Hall–Kier alpha value is -0.960. The van der Waals surface area contributed by atoms with Gasteiger partial charge in [0.2, 0.25) is 10.0 Å². The van der Waals surface area contributed by atoms with Gasteiger partial charge in [-0.1, -0.05) is 6.08 Å². The van der Waals surface area contributed by atoms with Crippen LogP contribution >= 0.6 is 10.7 Å². The molecule has 0 aliphatic rings. The van der Waals surface area contributed by atoms with Crippen LogP contribution in [0.1, 0.15) is 6.92 Å². The van der Waals surface area contributed by atoms with Crippen LogP contribution in [0.15, 0.2) is 40.6 Å². The first kappa shape index (κ1) is 16.1. The molecular formula is C10H11ClFNO4S2. The van der Waals surface area contributed by atoms with Crippen LogP contribution < -0.4 is 4.72 Å². The molecular weight excluding hydrogens is 317 g/mol. The highest BCUT2D eigenvalue weighted by Crippen LogP contribution is 2.21. The first-order valence-electron chi connectivity index (χ1n) is 4.97. The van der Waals surface area contributed by atoms with Crippen LogP contribution in [0.2, 0.25) is 0 Å². The van der Waals surface area contributed by atoms with Crippen molar-refractivity contribution in [2.45, 2.75) is 22.8 Å². The maximum atomic E-state index is 13.7. The third-order valence-electron chi connectivity index (χ3n) is 2.17. The number of hydrogen-bond donors (Lipinski definition) is 1. The summed E-state index contributed by atoms with van der Waals surface area (Å²) in [6.45, 7) is 4.90. The lowest BCUT2D eigenvalue weighted by molar-refractivity contribution is 0.550. The van der Waals surface area contributed by atoms with E-state index in [9.17, 15) is 21.2 Å². The van der Waals surface area contributed by atoms with Gasteiger partial charge in [-0.3, -0.25) is 0 Å². The van der Waals surface area contributed by atoms with Crippen molar-refractivity contribution in [2.75, 3.05) is 0 Å². The van der Waals surface area contributed by atoms with Gasteiger partial charge in [-0.2, -0.15) is 0 Å². The number of sulfonamides is 1. The van der Waals surface area contributed by atoms with E-state index < -0.39 is 40.7 Å². The number of rotatable bonds is 5. The summed E-state index contributed by atoms with van der Waals surface area (Å²) < 4.78 is 61.4. The molecule has 1 rings (SSSR count). The van der Waals surface area contributed by atoms with Crippen molar-refractivity contribution in [3.05, 3.63) is 36.7 Å². The molecule has 0 heterocycles. The molecule has 0 aliphatic carbocycles. The van der Waals surface area contributed by atoms with E-state index in [1.807, 2.05) is 0 Å². The minimum Gasteiger partial charge on any atom is -0.207 e. The molecule has 0 radical (unpaired) electrons. The normalized spacial score (nSPS) is 14.1. The summed E-state index contributed by atoms with van der Waals surface area (Å²) in [4.78, 5) is -1.17. The lowest BCUT2D eigenvalue weighted by Crippen LogP contribution is -2.31. The van der Waals surface area contributed by atoms with E-state index in [4.69, 9.17) is 10.7 Å². The molecule has 0 amide bonds. The zero-order valence-corrected chi connectivity index (χ0v) is 12.2. The Bertz CT molecular complexity index is 700. The van der Waals surface area contributed by atoms with Crippen molar-refractivity contribution in [3.8, 4) is 0 Å². The van der Waals surface area contributed by atoms with Gasteiger partial charge in [0.15, 0.2) is 0 Å². The molecule has 1 N–H and O–H groups in total. The van der Waals surface area contributed by atoms with E-state index in [0.29, 0.717) is 6.07 Å². The van der Waals surface area contributed by atoms with Crippen LogP contribution in [0.3, 0.4) is 0 Å². The van der Waals surface area contributed by atoms with E-state index in [1.165, 1.54) is 13.0 Å². The van der Waals surface area contributed by atoms with Gasteiger partial charge in [0.1, 0.15) is 10.7 Å². The zero-order valence-electron chi connectivity index (χ0n) is 9.80. The highest BCUT2D eigenvalue weighted by Gasteiger charge is 2.22. The smallest absolute Gasteiger partial charge is 0.207 e. The van der Waals surface area contributed by atoms with Gasteiger partial charge in [-0.25, -0.2) is 25.9 Å². The molecule has 19 heavy (non-hydrogen) atoms. The summed E-state index contributed by atoms with van der Waals surface area (Å²) in [5.41, 5.74) is 0. The molecule has 0 bridgehead atoms. The lowest BCUT2D eigenvalue weighted by Gasteiger charge is -2.11. The Morgan fingerprint density at radius 2 is 1.95 bits per heavy atom. The first-order valence-corrected chi connectivity index (χ1v) is 8.76. The second kappa shape index (κ2) is 5.58. The highest BCUT2D eigenvalue weighted by molar-refractivity contribution is 8.13. The van der Waals surface area contributed by atoms with Gasteiger partial charge < -0.3 is 0 Å². The van der Waals surface area contributed by atoms with Gasteiger partial charge in [-0.15, -0.1) is 6.58 Å². The number of nitrogens with one attached hydrogen (secondary N) is 1. The number of hydrogen-bond acceptors (Lipinski definition) is 4. The summed E-state index contributed by atoms with van der Waals surface area (Å²) in [6.07, 6.45) is 1.33. The minimum absolute atomic E-state index is 0.512. The van der Waals surface area contributed by atoms with Crippen molar-refractivity contribution in [2.24, 2.45) is 0 Å². The fourth-order valence-corrected chi connectivity index (χ4v) is 3.25. The van der Waals surface area contributed by atoms with Gasteiger partial charge in [-0.05, 0) is 25.1 Å². The van der Waals surface area contributed by atoms with Gasteiger partial charge in [0.25, 0.3) is 9.05 Å². The second-order valence-corrected chi connectivity index (χ2v) is 7.92. The topological polar surface area (TPSA) is 80.3 Å². The van der Waals surface area contributed by atoms with Gasteiger partial charge in [0, 0.05) is 16.7 Å². The molecule has 1 unspecified atom stereocenters. The van der Waals surface area contributed by atoms with Gasteiger partial charge >= 0.3 is 0 Å². The van der Waals surface area contributed by atoms with E-state index in [0.717, 1.165) is 12.1 Å². The summed E-state index contributed by atoms with van der Waals surface area (Å²) in [6, 6.07) is 1.71. The molecule has 0 fully saturated rings. The average Bonchev–Trinajstić information content (AvgIpc) is 2.26. The predicted molar refractivity (Wildman–Crippen MR) is 69.4 cm³/mol. The third-order valence-corrected chi connectivity index (χ3v) is 5.11. The van der Waals surface area contributed by atoms with Crippen molar-refractivity contribution in [1.82, 2.24) is 4.72 Å². The zero-order chi connectivity index (χ0) is 14.8. The second-order valence-electron chi connectivity index (χ2n) is 3.68. The third kappa shape index (κ3) is 4.00. The lowest BCUT2D eigenvalue weighted by atomic mass is 10.3. The minimum atomic E-state index is -4.11. The highest BCUT2D eigenvalue weighted by atomic mass is 35.7. The molecule has 0 spiro atoms. The molecule has 1 atom stereocenters. The Labute approximate surface area is 115 Å². The summed E-state index contributed by atoms with van der Waals surface area (Å²) in [7, 11) is -3.18. The van der Waals surface area contributed by atoms with Crippen molar-refractivity contribution in [3.63, 3.8) is 0 Å². The van der Waals surface area contributed by atoms with Crippen LogP contribution in [0, 0.1) is 5.82 Å². The van der Waals surface area contributed by atoms with Crippen molar-refractivity contribution >= 4 is 29.8 Å². The van der Waals surface area contributed by atoms with Crippen LogP contribution in [0.4, 0.5) is 4.39 Å². The van der Waals surface area contributed by atoms with E-state index in [-0.39, 0.29) is 0 Å². The largest absolute Gasteiger partial charge is 0.261 e. The van der Waals surface area contributed by atoms with Crippen LogP contribution in [-0.2, 0) is 19.1 Å². The van der Waals surface area contributed by atoms with E-state index in [1.54, 1.807) is 0 Å². The molecule has 106 valence electrons. The molecule has 0 saturated carbocycles. The Morgan fingerprint density at radius 1 is 1.37 bits per heavy atom. The average molecular weight is 328 g/mol. The van der Waals surface area contributed by atoms with E-state index in [2.05, 4.69) is 11.3 Å². The maximum Gasteiger partial charge on any atom is 0.261 e. The number of benzene rings is 1. The SMILES string of the molecule is C=CC(C)NS(=O)(=O)c1ccc(S(=O)(=O)Cl)cc1F. The first-order chi connectivity index (χ1) is 8.58. The van der Waals surface area contributed by atoms with Crippen LogP contribution in [-0.4, -0.2) is 22.9 Å². The van der Waals surface area contributed by atoms with Gasteiger partial charge in [0.05, 0.1) is 4.90 Å². The standard InChI is InChI=1S/C10H11ClFNO4S2/c1-3-7(2)13-19(16,17)10-5-4-8(6-9(10)12)18(11,14)15/h3-7,13H,1H2,2H3. The molecule has 0 aliphatic heterocycles. The Balaban J connectivity index is 3.27. The molecule has 1 aromatic carbocycles. The van der Waals surface area contributed by atoms with E-state index >= 15 is 0 Å². The van der Waals surface area contributed by atoms with Crippen LogP contribution in [0.5, 0.6) is 0 Å². The molecule has 9 heteroatoms.